The van der Waals surface area contributed by atoms with Gasteiger partial charge in [-0.1, -0.05) is 44.1 Å². The van der Waals surface area contributed by atoms with E-state index in [1.165, 1.54) is 5.57 Å². The number of hydrogen-bond donors (Lipinski definition) is 1. The van der Waals surface area contributed by atoms with Crippen molar-refractivity contribution in [3.05, 3.63) is 23.8 Å². The van der Waals surface area contributed by atoms with Crippen LogP contribution in [0, 0.1) is 11.3 Å². The number of carboxylic acid groups (broad SMARTS) is 1. The molecule has 18 heavy (non-hydrogen) atoms. The average molecular weight is 252 g/mol. The highest BCUT2D eigenvalue weighted by Gasteiger charge is 2.44. The highest BCUT2D eigenvalue weighted by Crippen LogP contribution is 2.44. The summed E-state index contributed by atoms with van der Waals surface area (Å²) < 4.78 is 5.14. The van der Waals surface area contributed by atoms with Crippen LogP contribution in [0.25, 0.3) is 0 Å². The topological polar surface area (TPSA) is 46.5 Å². The van der Waals surface area contributed by atoms with Gasteiger partial charge < -0.3 is 9.84 Å². The first-order valence-corrected chi connectivity index (χ1v) is 6.73. The van der Waals surface area contributed by atoms with Crippen molar-refractivity contribution in [3.63, 3.8) is 0 Å². The van der Waals surface area contributed by atoms with Crippen molar-refractivity contribution in [2.24, 2.45) is 11.3 Å². The summed E-state index contributed by atoms with van der Waals surface area (Å²) in [5.41, 5.74) is 0.485. The zero-order chi connectivity index (χ0) is 13.6. The minimum atomic E-state index is -0.743. The molecule has 2 unspecified atom stereocenters. The summed E-state index contributed by atoms with van der Waals surface area (Å²) >= 11 is 0. The highest BCUT2D eigenvalue weighted by molar-refractivity contribution is 5.78. The Morgan fingerprint density at radius 1 is 1.50 bits per heavy atom. The maximum Gasteiger partial charge on any atom is 0.314 e. The molecule has 0 radical (unpaired) electrons. The molecule has 0 fully saturated rings. The number of rotatable bonds is 7. The molecule has 0 aliphatic heterocycles. The molecule has 1 rings (SSSR count). The van der Waals surface area contributed by atoms with Gasteiger partial charge in [0.05, 0.1) is 5.41 Å². The molecular weight excluding hydrogens is 228 g/mol. The van der Waals surface area contributed by atoms with Gasteiger partial charge >= 0.3 is 5.97 Å². The lowest BCUT2D eigenvalue weighted by Gasteiger charge is -2.38. The van der Waals surface area contributed by atoms with Gasteiger partial charge in [0.1, 0.15) is 0 Å². The fourth-order valence-electron chi connectivity index (χ4n) is 2.95. The summed E-state index contributed by atoms with van der Waals surface area (Å²) in [5, 5.41) is 9.68. The Morgan fingerprint density at radius 3 is 2.72 bits per heavy atom. The van der Waals surface area contributed by atoms with E-state index in [0.29, 0.717) is 13.0 Å². The summed E-state index contributed by atoms with van der Waals surface area (Å²) in [7, 11) is 1.66. The number of methoxy groups -OCH3 is 1. The lowest BCUT2D eigenvalue weighted by molar-refractivity contribution is -0.149. The van der Waals surface area contributed by atoms with Crippen molar-refractivity contribution in [2.45, 2.75) is 39.5 Å². The third-order valence-electron chi connectivity index (χ3n) is 3.85. The number of aliphatic carboxylic acids is 1. The van der Waals surface area contributed by atoms with Gasteiger partial charge in [0.15, 0.2) is 0 Å². The standard InChI is InChI=1S/C15H24O3/c1-4-9-15(14(16)17)10-6-7-12(5-2)13(15)8-11-18-3/h6-7,10,13H,4-5,8-9,11H2,1-3H3,(H,16,17). The maximum atomic E-state index is 11.8. The predicted molar refractivity (Wildman–Crippen MR) is 72.5 cm³/mol. The molecule has 3 nitrogen and oxygen atoms in total. The highest BCUT2D eigenvalue weighted by atomic mass is 16.5. The quantitative estimate of drug-likeness (QED) is 0.755. The normalized spacial score (nSPS) is 27.1. The van der Waals surface area contributed by atoms with Gasteiger partial charge in [-0.05, 0) is 19.3 Å². The molecule has 0 bridgehead atoms. The van der Waals surface area contributed by atoms with Crippen LogP contribution in [-0.2, 0) is 9.53 Å². The molecule has 0 aromatic carbocycles. The molecule has 0 heterocycles. The van der Waals surface area contributed by atoms with Crippen LogP contribution in [0.2, 0.25) is 0 Å². The van der Waals surface area contributed by atoms with Crippen LogP contribution in [0.1, 0.15) is 39.5 Å². The first kappa shape index (κ1) is 15.0. The van der Waals surface area contributed by atoms with Crippen LogP contribution >= 0.6 is 0 Å². The molecule has 0 aromatic heterocycles. The van der Waals surface area contributed by atoms with Crippen LogP contribution in [0.5, 0.6) is 0 Å². The maximum absolute atomic E-state index is 11.8. The van der Waals surface area contributed by atoms with Crippen LogP contribution in [0.3, 0.4) is 0 Å². The summed E-state index contributed by atoms with van der Waals surface area (Å²) in [6.45, 7) is 4.73. The predicted octanol–water partition coefficient (Wildman–Crippen LogP) is 3.42. The van der Waals surface area contributed by atoms with Crippen LogP contribution in [0.15, 0.2) is 23.8 Å². The van der Waals surface area contributed by atoms with Gasteiger partial charge in [-0.15, -0.1) is 0 Å². The minimum absolute atomic E-state index is 0.0601. The lowest BCUT2D eigenvalue weighted by atomic mass is 9.65. The Morgan fingerprint density at radius 2 is 2.22 bits per heavy atom. The van der Waals surface area contributed by atoms with Gasteiger partial charge in [-0.25, -0.2) is 0 Å². The Kier molecular flexibility index (Phi) is 5.60. The molecule has 2 atom stereocenters. The Bertz CT molecular complexity index is 344. The SMILES string of the molecule is CCCC1(C(=O)O)C=CC=C(CC)C1CCOC. The van der Waals surface area contributed by atoms with E-state index in [2.05, 4.69) is 13.0 Å². The van der Waals surface area contributed by atoms with Crippen molar-refractivity contribution in [2.75, 3.05) is 13.7 Å². The molecular formula is C15H24O3. The van der Waals surface area contributed by atoms with Crippen LogP contribution < -0.4 is 0 Å². The first-order chi connectivity index (χ1) is 8.62. The smallest absolute Gasteiger partial charge is 0.314 e. The van der Waals surface area contributed by atoms with Gasteiger partial charge in [-0.3, -0.25) is 4.79 Å². The fraction of sp³-hybridized carbons (Fsp3) is 0.667. The molecule has 0 spiro atoms. The van der Waals surface area contributed by atoms with E-state index in [4.69, 9.17) is 4.74 Å². The molecule has 0 aromatic rings. The Labute approximate surface area is 110 Å². The van der Waals surface area contributed by atoms with Crippen molar-refractivity contribution >= 4 is 5.97 Å². The lowest BCUT2D eigenvalue weighted by Crippen LogP contribution is -2.39. The third-order valence-corrected chi connectivity index (χ3v) is 3.85. The van der Waals surface area contributed by atoms with E-state index in [-0.39, 0.29) is 5.92 Å². The second-order valence-corrected chi connectivity index (χ2v) is 4.88. The zero-order valence-electron chi connectivity index (χ0n) is 11.6. The van der Waals surface area contributed by atoms with E-state index in [0.717, 1.165) is 19.3 Å². The van der Waals surface area contributed by atoms with Crippen molar-refractivity contribution in [1.29, 1.82) is 0 Å². The van der Waals surface area contributed by atoms with Gasteiger partial charge in [0, 0.05) is 19.6 Å². The molecule has 3 heteroatoms. The summed E-state index contributed by atoms with van der Waals surface area (Å²) in [5.74, 6) is -0.648. The van der Waals surface area contributed by atoms with E-state index >= 15 is 0 Å². The van der Waals surface area contributed by atoms with E-state index in [1.807, 2.05) is 19.1 Å². The van der Waals surface area contributed by atoms with Crippen molar-refractivity contribution in [3.8, 4) is 0 Å². The molecule has 0 saturated carbocycles. The molecule has 1 N–H and O–H groups in total. The number of hydrogen-bond acceptors (Lipinski definition) is 2. The van der Waals surface area contributed by atoms with Gasteiger partial charge in [0.2, 0.25) is 0 Å². The summed E-state index contributed by atoms with van der Waals surface area (Å²) in [4.78, 5) is 11.8. The fourth-order valence-corrected chi connectivity index (χ4v) is 2.95. The molecule has 102 valence electrons. The number of carbonyl (C=O) groups is 1. The number of carboxylic acids is 1. The van der Waals surface area contributed by atoms with Crippen molar-refractivity contribution < 1.29 is 14.6 Å². The number of ether oxygens (including phenoxy) is 1. The van der Waals surface area contributed by atoms with Crippen LogP contribution in [-0.4, -0.2) is 24.8 Å². The van der Waals surface area contributed by atoms with Crippen molar-refractivity contribution in [1.82, 2.24) is 0 Å². The zero-order valence-corrected chi connectivity index (χ0v) is 11.6. The summed E-state index contributed by atoms with van der Waals surface area (Å²) in [6, 6.07) is 0. The van der Waals surface area contributed by atoms with E-state index in [9.17, 15) is 9.90 Å². The summed E-state index contributed by atoms with van der Waals surface area (Å²) in [6.07, 6.45) is 9.08. The minimum Gasteiger partial charge on any atom is -0.481 e. The second-order valence-electron chi connectivity index (χ2n) is 4.88. The average Bonchev–Trinajstić information content (AvgIpc) is 2.36. The third kappa shape index (κ3) is 2.83. The Balaban J connectivity index is 3.08. The molecule has 0 amide bonds. The van der Waals surface area contributed by atoms with Gasteiger partial charge in [-0.2, -0.15) is 0 Å². The van der Waals surface area contributed by atoms with Gasteiger partial charge in [0.25, 0.3) is 0 Å². The van der Waals surface area contributed by atoms with E-state index < -0.39 is 11.4 Å². The van der Waals surface area contributed by atoms with E-state index in [1.54, 1.807) is 7.11 Å². The molecule has 1 aliphatic rings. The molecule has 0 saturated heterocycles. The first-order valence-electron chi connectivity index (χ1n) is 6.73. The largest absolute Gasteiger partial charge is 0.481 e. The second kappa shape index (κ2) is 6.74. The number of allylic oxidation sites excluding steroid dienone is 3. The van der Waals surface area contributed by atoms with Crippen LogP contribution in [0.4, 0.5) is 0 Å². The monoisotopic (exact) mass is 252 g/mol. The molecule has 1 aliphatic carbocycles. The Hall–Kier alpha value is -1.09.